The summed E-state index contributed by atoms with van der Waals surface area (Å²) in [6, 6.07) is -0.201. The largest absolute Gasteiger partial charge is 0.394 e. The van der Waals surface area contributed by atoms with Gasteiger partial charge in [0.15, 0.2) is 0 Å². The van der Waals surface area contributed by atoms with Crippen LogP contribution in [0.1, 0.15) is 19.8 Å². The minimum Gasteiger partial charge on any atom is -0.394 e. The number of carbonyl (C=O) groups excluding carboxylic acids is 1. The Morgan fingerprint density at radius 1 is 1.71 bits per heavy atom. The zero-order valence-electron chi connectivity index (χ0n) is 9.96. The molecule has 2 N–H and O–H groups in total. The van der Waals surface area contributed by atoms with Crippen molar-refractivity contribution in [1.29, 1.82) is 0 Å². The summed E-state index contributed by atoms with van der Waals surface area (Å²) in [5.74, 6) is 0. The van der Waals surface area contributed by atoms with E-state index in [4.69, 9.17) is 5.11 Å². The molecule has 0 bridgehead atoms. The van der Waals surface area contributed by atoms with Gasteiger partial charge >= 0.3 is 6.03 Å². The topological polar surface area (TPSA) is 70.4 Å². The molecule has 0 radical (unpaired) electrons. The van der Waals surface area contributed by atoms with E-state index in [-0.39, 0.29) is 18.7 Å². The van der Waals surface area contributed by atoms with Crippen LogP contribution < -0.4 is 5.32 Å². The van der Waals surface area contributed by atoms with E-state index in [0.29, 0.717) is 12.2 Å². The second kappa shape index (κ2) is 5.18. The van der Waals surface area contributed by atoms with Crippen molar-refractivity contribution in [3.05, 3.63) is 12.4 Å². The number of hydrogen-bond donors (Lipinski definition) is 2. The van der Waals surface area contributed by atoms with Crippen LogP contribution in [-0.2, 0) is 6.54 Å². The Morgan fingerprint density at radius 3 is 3.18 bits per heavy atom. The highest BCUT2D eigenvalue weighted by Gasteiger charge is 2.28. The Balaban J connectivity index is 1.96. The van der Waals surface area contributed by atoms with Crippen molar-refractivity contribution >= 4 is 11.7 Å². The van der Waals surface area contributed by atoms with Crippen LogP contribution in [0, 0.1) is 0 Å². The predicted molar refractivity (Wildman–Crippen MR) is 63.7 cm³/mol. The summed E-state index contributed by atoms with van der Waals surface area (Å²) in [5, 5.41) is 16.0. The highest BCUT2D eigenvalue weighted by Crippen LogP contribution is 2.18. The molecular formula is C11H18N4O2. The number of rotatable bonds is 3. The van der Waals surface area contributed by atoms with E-state index in [2.05, 4.69) is 10.4 Å². The van der Waals surface area contributed by atoms with Crippen molar-refractivity contribution in [2.75, 3.05) is 18.5 Å². The maximum Gasteiger partial charge on any atom is 0.322 e. The van der Waals surface area contributed by atoms with E-state index in [9.17, 15) is 4.79 Å². The van der Waals surface area contributed by atoms with Crippen molar-refractivity contribution in [2.24, 2.45) is 0 Å². The molecule has 1 aliphatic heterocycles. The van der Waals surface area contributed by atoms with Gasteiger partial charge in [-0.1, -0.05) is 0 Å². The Labute approximate surface area is 100 Å². The van der Waals surface area contributed by atoms with E-state index in [0.717, 1.165) is 19.4 Å². The Hall–Kier alpha value is -1.56. The molecule has 0 aromatic carbocycles. The first kappa shape index (κ1) is 11.9. The lowest BCUT2D eigenvalue weighted by molar-refractivity contribution is 0.166. The molecule has 0 saturated carbocycles. The van der Waals surface area contributed by atoms with Crippen molar-refractivity contribution in [1.82, 2.24) is 14.7 Å². The predicted octanol–water partition coefficient (Wildman–Crippen LogP) is 0.892. The number of urea groups is 1. The van der Waals surface area contributed by atoms with E-state index < -0.39 is 0 Å². The van der Waals surface area contributed by atoms with Gasteiger partial charge in [-0.3, -0.25) is 4.68 Å². The van der Waals surface area contributed by atoms with Crippen LogP contribution in [0.15, 0.2) is 12.4 Å². The molecule has 1 saturated heterocycles. The molecule has 1 aliphatic rings. The smallest absolute Gasteiger partial charge is 0.322 e. The van der Waals surface area contributed by atoms with E-state index in [1.54, 1.807) is 22.0 Å². The molecule has 94 valence electrons. The molecule has 1 aromatic rings. The summed E-state index contributed by atoms with van der Waals surface area (Å²) in [6.07, 6.45) is 5.25. The van der Waals surface area contributed by atoms with Crippen LogP contribution in [0.5, 0.6) is 0 Å². The number of aryl methyl sites for hydroxylation is 1. The standard InChI is InChI=1S/C11H18N4O2/c1-2-14-7-9(6-12-14)13-11(17)15-5-3-4-10(15)8-16/h6-7,10,16H,2-5,8H2,1H3,(H,13,17)/t10-/m0/s1. The fourth-order valence-corrected chi connectivity index (χ4v) is 2.09. The number of nitrogens with zero attached hydrogens (tertiary/aromatic N) is 3. The number of nitrogens with one attached hydrogen (secondary N) is 1. The lowest BCUT2D eigenvalue weighted by Crippen LogP contribution is -2.40. The number of aliphatic hydroxyl groups excluding tert-OH is 1. The van der Waals surface area contributed by atoms with Crippen molar-refractivity contribution in [3.8, 4) is 0 Å². The highest BCUT2D eigenvalue weighted by molar-refractivity contribution is 5.89. The molecule has 2 heterocycles. The van der Waals surface area contributed by atoms with Crippen molar-refractivity contribution in [2.45, 2.75) is 32.4 Å². The second-order valence-electron chi connectivity index (χ2n) is 4.19. The zero-order valence-corrected chi connectivity index (χ0v) is 9.96. The SMILES string of the molecule is CCn1cc(NC(=O)N2CCC[C@H]2CO)cn1. The molecule has 0 aliphatic carbocycles. The normalized spacial score (nSPS) is 19.6. The third-order valence-electron chi connectivity index (χ3n) is 3.06. The van der Waals surface area contributed by atoms with Crippen molar-refractivity contribution < 1.29 is 9.90 Å². The third kappa shape index (κ3) is 2.58. The average Bonchev–Trinajstić information content (AvgIpc) is 2.96. The lowest BCUT2D eigenvalue weighted by Gasteiger charge is -2.22. The summed E-state index contributed by atoms with van der Waals surface area (Å²) in [5.41, 5.74) is 0.695. The number of amides is 2. The number of aliphatic hydroxyl groups is 1. The Kier molecular flexibility index (Phi) is 3.63. The third-order valence-corrected chi connectivity index (χ3v) is 3.06. The van der Waals surface area contributed by atoms with Gasteiger partial charge in [0.1, 0.15) is 0 Å². The summed E-state index contributed by atoms with van der Waals surface area (Å²) in [6.45, 7) is 3.50. The van der Waals surface area contributed by atoms with Crippen LogP contribution in [0.25, 0.3) is 0 Å². The van der Waals surface area contributed by atoms with Gasteiger partial charge in [0.05, 0.1) is 24.5 Å². The van der Waals surface area contributed by atoms with Gasteiger partial charge in [0, 0.05) is 19.3 Å². The number of hydrogen-bond acceptors (Lipinski definition) is 3. The Bertz CT molecular complexity index is 391. The van der Waals surface area contributed by atoms with Crippen LogP contribution >= 0.6 is 0 Å². The molecule has 1 fully saturated rings. The number of aromatic nitrogens is 2. The Morgan fingerprint density at radius 2 is 2.53 bits per heavy atom. The van der Waals surface area contributed by atoms with E-state index >= 15 is 0 Å². The first-order valence-corrected chi connectivity index (χ1v) is 5.95. The van der Waals surface area contributed by atoms with Gasteiger partial charge in [0.2, 0.25) is 0 Å². The molecule has 0 unspecified atom stereocenters. The maximum absolute atomic E-state index is 11.9. The fraction of sp³-hybridized carbons (Fsp3) is 0.636. The van der Waals surface area contributed by atoms with Gasteiger partial charge < -0.3 is 15.3 Å². The molecule has 1 atom stereocenters. The van der Waals surface area contributed by atoms with Gasteiger partial charge in [0.25, 0.3) is 0 Å². The monoisotopic (exact) mass is 238 g/mol. The molecule has 2 rings (SSSR count). The molecule has 6 heteroatoms. The molecule has 6 nitrogen and oxygen atoms in total. The minimum atomic E-state index is -0.155. The zero-order chi connectivity index (χ0) is 12.3. The van der Waals surface area contributed by atoms with Crippen LogP contribution in [0.2, 0.25) is 0 Å². The summed E-state index contributed by atoms with van der Waals surface area (Å²) >= 11 is 0. The maximum atomic E-state index is 11.9. The molecule has 17 heavy (non-hydrogen) atoms. The van der Waals surface area contributed by atoms with Gasteiger partial charge in [-0.2, -0.15) is 5.10 Å². The minimum absolute atomic E-state index is 0.0294. The molecular weight excluding hydrogens is 220 g/mol. The highest BCUT2D eigenvalue weighted by atomic mass is 16.3. The van der Waals surface area contributed by atoms with Gasteiger partial charge in [-0.25, -0.2) is 4.79 Å². The summed E-state index contributed by atoms with van der Waals surface area (Å²) in [4.78, 5) is 13.6. The van der Waals surface area contributed by atoms with Crippen LogP contribution in [0.3, 0.4) is 0 Å². The quantitative estimate of drug-likeness (QED) is 0.821. The van der Waals surface area contributed by atoms with E-state index in [1.165, 1.54) is 0 Å². The molecule has 1 aromatic heterocycles. The number of carbonyl (C=O) groups is 1. The fourth-order valence-electron chi connectivity index (χ4n) is 2.09. The summed E-state index contributed by atoms with van der Waals surface area (Å²) in [7, 11) is 0. The number of anilines is 1. The number of likely N-dealkylation sites (tertiary alicyclic amines) is 1. The van der Waals surface area contributed by atoms with Gasteiger partial charge in [-0.15, -0.1) is 0 Å². The summed E-state index contributed by atoms with van der Waals surface area (Å²) < 4.78 is 1.75. The first-order valence-electron chi connectivity index (χ1n) is 5.95. The second-order valence-corrected chi connectivity index (χ2v) is 4.19. The molecule has 2 amide bonds. The first-order chi connectivity index (χ1) is 8.24. The van der Waals surface area contributed by atoms with Crippen molar-refractivity contribution in [3.63, 3.8) is 0 Å². The van der Waals surface area contributed by atoms with Crippen LogP contribution in [0.4, 0.5) is 10.5 Å². The molecule has 0 spiro atoms. The van der Waals surface area contributed by atoms with Gasteiger partial charge in [-0.05, 0) is 19.8 Å². The average molecular weight is 238 g/mol. The van der Waals surface area contributed by atoms with Crippen LogP contribution in [-0.4, -0.2) is 45.0 Å². The lowest BCUT2D eigenvalue weighted by atomic mass is 10.2. The van der Waals surface area contributed by atoms with E-state index in [1.807, 2.05) is 6.92 Å².